The van der Waals surface area contributed by atoms with E-state index in [1.54, 1.807) is 0 Å². The van der Waals surface area contributed by atoms with Crippen molar-refractivity contribution < 1.29 is 5.11 Å². The number of allylic oxidation sites excluding steroid dienone is 2. The average Bonchev–Trinajstić information content (AvgIpc) is 2.38. The van der Waals surface area contributed by atoms with Crippen molar-refractivity contribution in [1.29, 1.82) is 0 Å². The van der Waals surface area contributed by atoms with Crippen LogP contribution in [0.25, 0.3) is 0 Å². The van der Waals surface area contributed by atoms with Crippen LogP contribution < -0.4 is 0 Å². The van der Waals surface area contributed by atoms with Gasteiger partial charge in [-0.1, -0.05) is 43.9 Å². The second kappa shape index (κ2) is 7.13. The Morgan fingerprint density at radius 2 is 1.94 bits per heavy atom. The Hall–Kier alpha value is -0.560. The molecule has 0 spiro atoms. The van der Waals surface area contributed by atoms with Gasteiger partial charge in [0.05, 0.1) is 6.10 Å². The summed E-state index contributed by atoms with van der Waals surface area (Å²) in [7, 11) is 0. The Balaban J connectivity index is 2.60. The summed E-state index contributed by atoms with van der Waals surface area (Å²) >= 11 is 0. The van der Waals surface area contributed by atoms with Crippen LogP contribution in [0.1, 0.15) is 65.7 Å². The van der Waals surface area contributed by atoms with E-state index in [1.165, 1.54) is 37.7 Å². The van der Waals surface area contributed by atoms with E-state index in [-0.39, 0.29) is 11.5 Å². The van der Waals surface area contributed by atoms with Gasteiger partial charge in [0.15, 0.2) is 0 Å². The molecular formula is C17H30O. The van der Waals surface area contributed by atoms with Crippen LogP contribution in [0.4, 0.5) is 0 Å². The average molecular weight is 250 g/mol. The first-order chi connectivity index (χ1) is 8.49. The molecule has 1 fully saturated rings. The lowest BCUT2D eigenvalue weighted by molar-refractivity contribution is 0.000241. The van der Waals surface area contributed by atoms with Crippen LogP contribution in [0, 0.1) is 11.3 Å². The van der Waals surface area contributed by atoms with Gasteiger partial charge in [-0.15, -0.1) is 6.58 Å². The molecule has 0 aromatic carbocycles. The normalized spacial score (nSPS) is 22.0. The van der Waals surface area contributed by atoms with E-state index in [0.29, 0.717) is 5.92 Å². The van der Waals surface area contributed by atoms with Gasteiger partial charge in [0.25, 0.3) is 0 Å². The molecule has 1 saturated carbocycles. The van der Waals surface area contributed by atoms with Crippen molar-refractivity contribution in [2.24, 2.45) is 11.3 Å². The van der Waals surface area contributed by atoms with Gasteiger partial charge in [0, 0.05) is 5.41 Å². The van der Waals surface area contributed by atoms with Crippen LogP contribution in [0.5, 0.6) is 0 Å². The van der Waals surface area contributed by atoms with Crippen LogP contribution in [-0.2, 0) is 0 Å². The summed E-state index contributed by atoms with van der Waals surface area (Å²) in [5.41, 5.74) is 1.22. The monoisotopic (exact) mass is 250 g/mol. The van der Waals surface area contributed by atoms with E-state index in [9.17, 15) is 5.11 Å². The second-order valence-electron chi connectivity index (χ2n) is 6.37. The number of aliphatic hydroxyl groups is 1. The zero-order valence-electron chi connectivity index (χ0n) is 12.4. The molecule has 1 rings (SSSR count). The van der Waals surface area contributed by atoms with Crippen LogP contribution >= 0.6 is 0 Å². The van der Waals surface area contributed by atoms with E-state index in [1.807, 2.05) is 6.08 Å². The highest BCUT2D eigenvalue weighted by Crippen LogP contribution is 2.38. The molecule has 1 nitrogen and oxygen atoms in total. The van der Waals surface area contributed by atoms with Crippen LogP contribution in [0.3, 0.4) is 0 Å². The van der Waals surface area contributed by atoms with Gasteiger partial charge in [-0.3, -0.25) is 0 Å². The van der Waals surface area contributed by atoms with Gasteiger partial charge in [0.1, 0.15) is 0 Å². The maximum Gasteiger partial charge on any atom is 0.0656 e. The molecule has 18 heavy (non-hydrogen) atoms. The Bertz CT molecular complexity index is 282. The predicted molar refractivity (Wildman–Crippen MR) is 79.6 cm³/mol. The summed E-state index contributed by atoms with van der Waals surface area (Å²) in [5.74, 6) is 0.480. The Kier molecular flexibility index (Phi) is 6.14. The standard InChI is InChI=1S/C17H30O/c1-5-17(4,13-9-10-14(2)3)16(18)15-11-7-6-8-12-15/h5,10,15-16,18H,1,6-9,11-13H2,2-4H3/t16-,17-/m1/s1. The fourth-order valence-corrected chi connectivity index (χ4v) is 3.03. The summed E-state index contributed by atoms with van der Waals surface area (Å²) in [4.78, 5) is 0. The predicted octanol–water partition coefficient (Wildman–Crippen LogP) is 4.87. The van der Waals surface area contributed by atoms with Crippen molar-refractivity contribution in [3.63, 3.8) is 0 Å². The van der Waals surface area contributed by atoms with Crippen molar-refractivity contribution >= 4 is 0 Å². The number of hydrogen-bond donors (Lipinski definition) is 1. The summed E-state index contributed by atoms with van der Waals surface area (Å²) in [6.07, 6.45) is 12.3. The molecule has 1 aliphatic rings. The minimum atomic E-state index is -0.221. The molecule has 1 aliphatic carbocycles. The van der Waals surface area contributed by atoms with E-state index in [4.69, 9.17) is 0 Å². The smallest absolute Gasteiger partial charge is 0.0656 e. The van der Waals surface area contributed by atoms with Crippen molar-refractivity contribution in [3.05, 3.63) is 24.3 Å². The van der Waals surface area contributed by atoms with Gasteiger partial charge in [-0.05, 0) is 45.4 Å². The highest BCUT2D eigenvalue weighted by molar-refractivity contribution is 5.02. The topological polar surface area (TPSA) is 20.2 Å². The highest BCUT2D eigenvalue weighted by Gasteiger charge is 2.35. The molecule has 1 N–H and O–H groups in total. The molecule has 104 valence electrons. The molecule has 0 aromatic heterocycles. The maximum atomic E-state index is 10.7. The third-order valence-electron chi connectivity index (χ3n) is 4.47. The third kappa shape index (κ3) is 4.28. The summed E-state index contributed by atoms with van der Waals surface area (Å²) in [6.45, 7) is 10.4. The Morgan fingerprint density at radius 3 is 2.44 bits per heavy atom. The van der Waals surface area contributed by atoms with Gasteiger partial charge >= 0.3 is 0 Å². The maximum absolute atomic E-state index is 10.7. The van der Waals surface area contributed by atoms with Gasteiger partial charge < -0.3 is 5.11 Å². The highest BCUT2D eigenvalue weighted by atomic mass is 16.3. The summed E-state index contributed by atoms with van der Waals surface area (Å²) in [6, 6.07) is 0. The number of aliphatic hydroxyl groups excluding tert-OH is 1. The fraction of sp³-hybridized carbons (Fsp3) is 0.765. The number of rotatable bonds is 6. The second-order valence-corrected chi connectivity index (χ2v) is 6.37. The lowest BCUT2D eigenvalue weighted by atomic mass is 9.70. The van der Waals surface area contributed by atoms with Crippen molar-refractivity contribution in [2.45, 2.75) is 71.8 Å². The minimum Gasteiger partial charge on any atom is -0.392 e. The van der Waals surface area contributed by atoms with Crippen LogP contribution in [-0.4, -0.2) is 11.2 Å². The van der Waals surface area contributed by atoms with Crippen molar-refractivity contribution in [1.82, 2.24) is 0 Å². The van der Waals surface area contributed by atoms with Gasteiger partial charge in [0.2, 0.25) is 0 Å². The molecule has 2 atom stereocenters. The molecule has 0 aliphatic heterocycles. The quantitative estimate of drug-likeness (QED) is 0.667. The van der Waals surface area contributed by atoms with Crippen molar-refractivity contribution in [2.75, 3.05) is 0 Å². The Labute approximate surface area is 113 Å². The summed E-state index contributed by atoms with van der Waals surface area (Å²) in [5, 5.41) is 10.7. The van der Waals surface area contributed by atoms with E-state index in [2.05, 4.69) is 33.4 Å². The van der Waals surface area contributed by atoms with Crippen LogP contribution in [0.15, 0.2) is 24.3 Å². The molecule has 0 radical (unpaired) electrons. The fourth-order valence-electron chi connectivity index (χ4n) is 3.03. The van der Waals surface area contributed by atoms with Gasteiger partial charge in [-0.2, -0.15) is 0 Å². The Morgan fingerprint density at radius 1 is 1.33 bits per heavy atom. The van der Waals surface area contributed by atoms with Crippen LogP contribution in [0.2, 0.25) is 0 Å². The lowest BCUT2D eigenvalue weighted by Gasteiger charge is -2.38. The molecule has 0 heterocycles. The third-order valence-corrected chi connectivity index (χ3v) is 4.47. The molecule has 0 unspecified atom stereocenters. The first-order valence-corrected chi connectivity index (χ1v) is 7.44. The molecular weight excluding hydrogens is 220 g/mol. The van der Waals surface area contributed by atoms with E-state index >= 15 is 0 Å². The molecule has 0 amide bonds. The molecule has 0 bridgehead atoms. The van der Waals surface area contributed by atoms with Gasteiger partial charge in [-0.25, -0.2) is 0 Å². The first-order valence-electron chi connectivity index (χ1n) is 7.44. The largest absolute Gasteiger partial charge is 0.392 e. The first kappa shape index (κ1) is 15.5. The molecule has 0 aromatic rings. The zero-order chi connectivity index (χ0) is 13.6. The van der Waals surface area contributed by atoms with E-state index in [0.717, 1.165) is 12.8 Å². The molecule has 0 saturated heterocycles. The number of hydrogen-bond acceptors (Lipinski definition) is 1. The minimum absolute atomic E-state index is 0.131. The lowest BCUT2D eigenvalue weighted by Crippen LogP contribution is -2.37. The SMILES string of the molecule is C=C[C@](C)(CCC=C(C)C)[C@H](O)C1CCCCC1. The zero-order valence-corrected chi connectivity index (χ0v) is 12.4. The molecule has 1 heteroatoms. The van der Waals surface area contributed by atoms with Crippen molar-refractivity contribution in [3.8, 4) is 0 Å². The summed E-state index contributed by atoms with van der Waals surface area (Å²) < 4.78 is 0. The van der Waals surface area contributed by atoms with E-state index < -0.39 is 0 Å².